The summed E-state index contributed by atoms with van der Waals surface area (Å²) in [5.74, 6) is 0.967. The lowest BCUT2D eigenvalue weighted by Gasteiger charge is -2.07. The van der Waals surface area contributed by atoms with Crippen LogP contribution >= 0.6 is 47.8 Å². The van der Waals surface area contributed by atoms with Crippen LogP contribution in [0.2, 0.25) is 0 Å². The molecule has 1 aromatic carbocycles. The van der Waals surface area contributed by atoms with Gasteiger partial charge in [0.15, 0.2) is 0 Å². The minimum atomic E-state index is 0.250. The van der Waals surface area contributed by atoms with Gasteiger partial charge in [-0.3, -0.25) is 0 Å². The topological polar surface area (TPSA) is 29.5 Å². The first-order valence-electron chi connectivity index (χ1n) is 4.13. The summed E-state index contributed by atoms with van der Waals surface area (Å²) >= 11 is 9.73. The number of halogens is 3. The largest absolute Gasteiger partial charge is 0.506 e. The molecule has 1 rings (SSSR count). The Kier molecular flexibility index (Phi) is 5.15. The van der Waals surface area contributed by atoms with Crippen LogP contribution < -0.4 is 4.74 Å². The van der Waals surface area contributed by atoms with Crippen molar-refractivity contribution in [2.24, 2.45) is 0 Å². The van der Waals surface area contributed by atoms with Crippen LogP contribution in [0.25, 0.3) is 0 Å². The van der Waals surface area contributed by atoms with Gasteiger partial charge in [-0.1, -0.05) is 0 Å². The second-order valence-corrected chi connectivity index (χ2v) is 6.50. The van der Waals surface area contributed by atoms with Crippen LogP contribution in [-0.2, 0) is 0 Å². The molecule has 0 spiro atoms. The Morgan fingerprint density at radius 3 is 2.67 bits per heavy atom. The highest BCUT2D eigenvalue weighted by Gasteiger charge is 2.04. The van der Waals surface area contributed by atoms with E-state index in [1.807, 2.05) is 13.0 Å². The fraction of sp³-hybridized carbons (Fsp3) is 0.200. The second kappa shape index (κ2) is 5.92. The smallest absolute Gasteiger partial charge is 0.132 e. The second-order valence-electron chi connectivity index (χ2n) is 2.88. The van der Waals surface area contributed by atoms with E-state index >= 15 is 0 Å². The van der Waals surface area contributed by atoms with Crippen molar-refractivity contribution in [2.75, 3.05) is 6.61 Å². The van der Waals surface area contributed by atoms with E-state index in [-0.39, 0.29) is 5.75 Å². The summed E-state index contributed by atoms with van der Waals surface area (Å²) in [4.78, 5) is 0. The molecule has 0 unspecified atom stereocenters. The van der Waals surface area contributed by atoms with Crippen molar-refractivity contribution in [1.82, 2.24) is 0 Å². The summed E-state index contributed by atoms with van der Waals surface area (Å²) in [5.41, 5.74) is 0.779. The van der Waals surface area contributed by atoms with E-state index in [1.54, 1.807) is 12.1 Å². The summed E-state index contributed by atoms with van der Waals surface area (Å²) in [6.07, 6.45) is 1.84. The molecule has 2 nitrogen and oxygen atoms in total. The molecule has 5 heteroatoms. The first kappa shape index (κ1) is 13.1. The summed E-state index contributed by atoms with van der Waals surface area (Å²) in [6.45, 7) is 2.28. The third-order valence-electron chi connectivity index (χ3n) is 1.72. The molecule has 0 bridgehead atoms. The highest BCUT2D eigenvalue weighted by Crippen LogP contribution is 2.32. The Hall–Kier alpha value is -0.000000000000000167. The number of phenols is 1. The van der Waals surface area contributed by atoms with Crippen molar-refractivity contribution in [3.05, 3.63) is 31.6 Å². The van der Waals surface area contributed by atoms with E-state index in [2.05, 4.69) is 47.8 Å². The summed E-state index contributed by atoms with van der Waals surface area (Å²) in [7, 11) is 0. The first-order chi connectivity index (χ1) is 7.00. The van der Waals surface area contributed by atoms with Gasteiger partial charge in [0.25, 0.3) is 0 Å². The maximum Gasteiger partial charge on any atom is 0.132 e. The number of hydrogen-bond donors (Lipinski definition) is 1. The zero-order chi connectivity index (χ0) is 11.4. The maximum absolute atomic E-state index is 9.52. The van der Waals surface area contributed by atoms with Crippen molar-refractivity contribution >= 4 is 47.8 Å². The number of aryl methyl sites for hydroxylation is 1. The molecule has 0 radical (unpaired) electrons. The van der Waals surface area contributed by atoms with Crippen molar-refractivity contribution in [2.45, 2.75) is 6.92 Å². The fourth-order valence-corrected chi connectivity index (χ4v) is 1.79. The quantitative estimate of drug-likeness (QED) is 0.811. The molecule has 0 saturated heterocycles. The van der Waals surface area contributed by atoms with Crippen molar-refractivity contribution in [3.8, 4) is 11.5 Å². The monoisotopic (exact) mass is 398 g/mol. The summed E-state index contributed by atoms with van der Waals surface area (Å²) in [5, 5.41) is 9.52. The van der Waals surface area contributed by atoms with E-state index in [4.69, 9.17) is 4.74 Å². The Labute approximate surface area is 114 Å². The third kappa shape index (κ3) is 4.17. The molecule has 0 atom stereocenters. The average molecular weight is 401 g/mol. The molecule has 0 aliphatic heterocycles. The normalized spacial score (nSPS) is 9.87. The Morgan fingerprint density at radius 1 is 1.47 bits per heavy atom. The highest BCUT2D eigenvalue weighted by atomic mass is 79.9. The van der Waals surface area contributed by atoms with Crippen LogP contribution in [0.3, 0.4) is 0 Å². The summed E-state index contributed by atoms with van der Waals surface area (Å²) < 4.78 is 6.95. The van der Waals surface area contributed by atoms with Gasteiger partial charge in [0.05, 0.1) is 7.86 Å². The van der Waals surface area contributed by atoms with Crippen molar-refractivity contribution in [1.29, 1.82) is 0 Å². The van der Waals surface area contributed by atoms with E-state index < -0.39 is 0 Å². The lowest BCUT2D eigenvalue weighted by atomic mass is 10.2. The minimum absolute atomic E-state index is 0.250. The molecule has 0 saturated carbocycles. The zero-order valence-electron chi connectivity index (χ0n) is 7.93. The van der Waals surface area contributed by atoms with Crippen LogP contribution in [0.1, 0.15) is 5.56 Å². The third-order valence-corrected chi connectivity index (χ3v) is 2.97. The number of phenolic OH excluding ortho intramolecular Hbond substituents is 1. The van der Waals surface area contributed by atoms with Gasteiger partial charge in [-0.05, 0) is 78.5 Å². The molecule has 1 aromatic rings. The molecule has 82 valence electrons. The predicted molar refractivity (Wildman–Crippen MR) is 72.0 cm³/mol. The number of benzene rings is 1. The van der Waals surface area contributed by atoms with Crippen LogP contribution in [-0.4, -0.2) is 11.7 Å². The van der Waals surface area contributed by atoms with Gasteiger partial charge in [0.1, 0.15) is 18.1 Å². The van der Waals surface area contributed by atoms with Crippen LogP contribution in [0.15, 0.2) is 26.1 Å². The fourth-order valence-electron chi connectivity index (χ4n) is 0.989. The number of rotatable bonds is 3. The van der Waals surface area contributed by atoms with Gasteiger partial charge in [0, 0.05) is 0 Å². The van der Waals surface area contributed by atoms with Crippen molar-refractivity contribution < 1.29 is 9.84 Å². The van der Waals surface area contributed by atoms with Crippen molar-refractivity contribution in [3.63, 3.8) is 0 Å². The molecule has 0 fully saturated rings. The van der Waals surface area contributed by atoms with E-state index in [1.165, 1.54) is 0 Å². The zero-order valence-corrected chi connectivity index (χ0v) is 12.7. The van der Waals surface area contributed by atoms with Gasteiger partial charge >= 0.3 is 0 Å². The average Bonchev–Trinajstić information content (AvgIpc) is 2.13. The Morgan fingerprint density at radius 2 is 2.13 bits per heavy atom. The number of aromatic hydroxyl groups is 1. The van der Waals surface area contributed by atoms with Gasteiger partial charge < -0.3 is 9.84 Å². The Bertz CT molecular complexity index is 361. The lowest BCUT2D eigenvalue weighted by molar-refractivity contribution is 0.361. The van der Waals surface area contributed by atoms with E-state index in [9.17, 15) is 5.11 Å². The molecule has 0 amide bonds. The minimum Gasteiger partial charge on any atom is -0.506 e. The molecule has 1 N–H and O–H groups in total. The molecular formula is C10H9Br3O2. The number of ether oxygens (including phenoxy) is 1. The predicted octanol–water partition coefficient (Wildman–Crippen LogP) is 4.47. The van der Waals surface area contributed by atoms with E-state index in [0.29, 0.717) is 11.1 Å². The van der Waals surface area contributed by atoms with Crippen LogP contribution in [0.4, 0.5) is 0 Å². The van der Waals surface area contributed by atoms with Crippen LogP contribution in [0.5, 0.6) is 11.5 Å². The molecule has 15 heavy (non-hydrogen) atoms. The Balaban J connectivity index is 2.75. The molecular weight excluding hydrogens is 392 g/mol. The van der Waals surface area contributed by atoms with E-state index in [0.717, 1.165) is 14.7 Å². The molecule has 0 aliphatic carbocycles. The summed E-state index contributed by atoms with van der Waals surface area (Å²) in [6, 6.07) is 3.52. The highest BCUT2D eigenvalue weighted by molar-refractivity contribution is 9.28. The first-order valence-corrected chi connectivity index (χ1v) is 6.51. The van der Waals surface area contributed by atoms with Gasteiger partial charge in [0.2, 0.25) is 0 Å². The van der Waals surface area contributed by atoms with Gasteiger partial charge in [-0.15, -0.1) is 0 Å². The van der Waals surface area contributed by atoms with Gasteiger partial charge in [-0.2, -0.15) is 0 Å². The SMILES string of the molecule is Cc1cc(OCC=C(Br)Br)cc(Br)c1O. The molecule has 0 aliphatic rings. The lowest BCUT2D eigenvalue weighted by Crippen LogP contribution is -1.94. The standard InChI is InChI=1S/C10H9Br3O2/c1-6-4-7(5-8(11)10(6)14)15-3-2-9(12)13/h2,4-5,14H,3H2,1H3. The van der Waals surface area contributed by atoms with Crippen LogP contribution in [0, 0.1) is 6.92 Å². The number of hydrogen-bond acceptors (Lipinski definition) is 2. The molecule has 0 aromatic heterocycles. The van der Waals surface area contributed by atoms with Gasteiger partial charge in [-0.25, -0.2) is 0 Å². The molecule has 0 heterocycles. The maximum atomic E-state index is 9.52.